The maximum Gasteiger partial charge on any atom is 0.356 e. The topological polar surface area (TPSA) is 70.9 Å². The molecule has 2 aromatic heterocycles. The lowest BCUT2D eigenvalue weighted by Crippen LogP contribution is -1.99. The molecule has 0 aliphatic rings. The number of carboxylic acids is 1. The highest BCUT2D eigenvalue weighted by molar-refractivity contribution is 5.90. The molecular formula is C14H13N3O2. The second-order valence-electron chi connectivity index (χ2n) is 4.56. The predicted molar refractivity (Wildman–Crippen MR) is 72.2 cm³/mol. The Morgan fingerprint density at radius 2 is 2.16 bits per heavy atom. The molecule has 0 saturated carbocycles. The molecule has 0 atom stereocenters. The molecule has 96 valence electrons. The van der Waals surface area contributed by atoms with Gasteiger partial charge in [-0.25, -0.2) is 4.79 Å². The number of hydrogen-bond acceptors (Lipinski definition) is 2. The van der Waals surface area contributed by atoms with Gasteiger partial charge in [0.1, 0.15) is 0 Å². The number of nitrogens with one attached hydrogen (secondary N) is 1. The summed E-state index contributed by atoms with van der Waals surface area (Å²) in [4.78, 5) is 14.2. The van der Waals surface area contributed by atoms with Crippen molar-refractivity contribution >= 4 is 16.9 Å². The fourth-order valence-corrected chi connectivity index (χ4v) is 2.27. The Labute approximate surface area is 109 Å². The van der Waals surface area contributed by atoms with E-state index in [2.05, 4.69) is 10.1 Å². The zero-order chi connectivity index (χ0) is 13.6. The van der Waals surface area contributed by atoms with Crippen molar-refractivity contribution in [1.82, 2.24) is 14.8 Å². The van der Waals surface area contributed by atoms with Crippen molar-refractivity contribution in [3.05, 3.63) is 41.6 Å². The highest BCUT2D eigenvalue weighted by Crippen LogP contribution is 2.26. The van der Waals surface area contributed by atoms with Crippen LogP contribution in [0, 0.1) is 6.92 Å². The van der Waals surface area contributed by atoms with E-state index in [1.807, 2.05) is 31.2 Å². The van der Waals surface area contributed by atoms with Crippen molar-refractivity contribution in [2.24, 2.45) is 7.05 Å². The summed E-state index contributed by atoms with van der Waals surface area (Å²) in [6, 6.07) is 9.63. The summed E-state index contributed by atoms with van der Waals surface area (Å²) in [7, 11) is 1.74. The van der Waals surface area contributed by atoms with Crippen LogP contribution in [0.2, 0.25) is 0 Å². The van der Waals surface area contributed by atoms with Gasteiger partial charge in [-0.3, -0.25) is 4.68 Å². The minimum atomic E-state index is -1.02. The number of aromatic nitrogens is 3. The molecule has 3 rings (SSSR count). The minimum Gasteiger partial charge on any atom is -0.476 e. The third-order valence-electron chi connectivity index (χ3n) is 3.26. The van der Waals surface area contributed by atoms with Gasteiger partial charge < -0.3 is 10.1 Å². The normalized spacial score (nSPS) is 11.1. The summed E-state index contributed by atoms with van der Waals surface area (Å²) in [6.45, 7) is 2.05. The lowest BCUT2D eigenvalue weighted by Gasteiger charge is -1.96. The number of nitrogens with zero attached hydrogens (tertiary/aromatic N) is 2. The maximum atomic E-state index is 10.9. The molecule has 0 amide bonds. The van der Waals surface area contributed by atoms with E-state index in [0.29, 0.717) is 0 Å². The predicted octanol–water partition coefficient (Wildman–Crippen LogP) is 2.58. The van der Waals surface area contributed by atoms with Gasteiger partial charge in [0.15, 0.2) is 5.69 Å². The number of fused-ring (bicyclic) bond motifs is 1. The van der Waals surface area contributed by atoms with Crippen LogP contribution in [0.5, 0.6) is 0 Å². The molecule has 0 unspecified atom stereocenters. The van der Waals surface area contributed by atoms with Crippen molar-refractivity contribution < 1.29 is 9.90 Å². The second kappa shape index (κ2) is 3.98. The Bertz CT molecular complexity index is 783. The van der Waals surface area contributed by atoms with Gasteiger partial charge in [-0.05, 0) is 24.6 Å². The van der Waals surface area contributed by atoms with Gasteiger partial charge in [-0.1, -0.05) is 12.1 Å². The lowest BCUT2D eigenvalue weighted by molar-refractivity contribution is 0.0689. The van der Waals surface area contributed by atoms with Crippen LogP contribution in [0.15, 0.2) is 30.3 Å². The molecule has 1 aromatic carbocycles. The maximum absolute atomic E-state index is 10.9. The van der Waals surface area contributed by atoms with Crippen LogP contribution in [-0.4, -0.2) is 25.8 Å². The van der Waals surface area contributed by atoms with Crippen molar-refractivity contribution in [3.63, 3.8) is 0 Å². The highest BCUT2D eigenvalue weighted by Gasteiger charge is 2.14. The molecule has 19 heavy (non-hydrogen) atoms. The van der Waals surface area contributed by atoms with E-state index in [1.54, 1.807) is 17.8 Å². The van der Waals surface area contributed by atoms with Gasteiger partial charge in [-0.15, -0.1) is 0 Å². The summed E-state index contributed by atoms with van der Waals surface area (Å²) in [5.74, 6) is -1.02. The third kappa shape index (κ3) is 1.79. The van der Waals surface area contributed by atoms with E-state index < -0.39 is 5.97 Å². The molecule has 0 bridgehead atoms. The van der Waals surface area contributed by atoms with Gasteiger partial charge in [0.25, 0.3) is 0 Å². The van der Waals surface area contributed by atoms with Crippen molar-refractivity contribution in [2.75, 3.05) is 0 Å². The number of H-pyrrole nitrogens is 1. The van der Waals surface area contributed by atoms with Crippen molar-refractivity contribution in [3.8, 4) is 11.4 Å². The molecule has 0 aliphatic carbocycles. The molecule has 0 radical (unpaired) electrons. The number of aromatic amines is 1. The molecule has 2 N–H and O–H groups in total. The number of benzene rings is 1. The highest BCUT2D eigenvalue weighted by atomic mass is 16.4. The Morgan fingerprint density at radius 3 is 2.79 bits per heavy atom. The molecule has 0 spiro atoms. The monoisotopic (exact) mass is 255 g/mol. The fraction of sp³-hybridized carbons (Fsp3) is 0.143. The zero-order valence-corrected chi connectivity index (χ0v) is 10.6. The Balaban J connectivity index is 2.19. The number of aromatic carboxylic acids is 1. The molecule has 0 fully saturated rings. The Kier molecular flexibility index (Phi) is 2.41. The van der Waals surface area contributed by atoms with Crippen LogP contribution < -0.4 is 0 Å². The molecule has 0 aliphatic heterocycles. The van der Waals surface area contributed by atoms with Crippen LogP contribution >= 0.6 is 0 Å². The van der Waals surface area contributed by atoms with Gasteiger partial charge in [0.05, 0.1) is 11.4 Å². The molecule has 3 aromatic rings. The SMILES string of the molecule is Cc1cccc2[nH]c(-c3cc(C(=O)O)nn3C)cc12. The summed E-state index contributed by atoms with van der Waals surface area (Å²) in [5.41, 5.74) is 3.89. The Hall–Kier alpha value is -2.56. The van der Waals surface area contributed by atoms with E-state index in [-0.39, 0.29) is 5.69 Å². The van der Waals surface area contributed by atoms with Crippen LogP contribution in [0.3, 0.4) is 0 Å². The summed E-state index contributed by atoms with van der Waals surface area (Å²) < 4.78 is 1.57. The van der Waals surface area contributed by atoms with Crippen LogP contribution in [0.4, 0.5) is 0 Å². The first-order valence-corrected chi connectivity index (χ1v) is 5.92. The van der Waals surface area contributed by atoms with Gasteiger partial charge in [0.2, 0.25) is 0 Å². The standard InChI is InChI=1S/C14H13N3O2/c1-8-4-3-5-10-9(8)6-11(15-10)13-7-12(14(18)19)16-17(13)2/h3-7,15H,1-2H3,(H,18,19). The fourth-order valence-electron chi connectivity index (χ4n) is 2.27. The zero-order valence-electron chi connectivity index (χ0n) is 10.6. The third-order valence-corrected chi connectivity index (χ3v) is 3.26. The van der Waals surface area contributed by atoms with Crippen LogP contribution in [-0.2, 0) is 7.05 Å². The first-order chi connectivity index (χ1) is 9.06. The molecule has 5 nitrogen and oxygen atoms in total. The van der Waals surface area contributed by atoms with Crippen LogP contribution in [0.1, 0.15) is 16.1 Å². The second-order valence-corrected chi connectivity index (χ2v) is 4.56. The quantitative estimate of drug-likeness (QED) is 0.739. The Morgan fingerprint density at radius 1 is 1.37 bits per heavy atom. The molecule has 2 heterocycles. The number of aryl methyl sites for hydroxylation is 2. The number of carboxylic acid groups (broad SMARTS) is 1. The average molecular weight is 255 g/mol. The largest absolute Gasteiger partial charge is 0.476 e. The van der Waals surface area contributed by atoms with E-state index in [4.69, 9.17) is 5.11 Å². The molecule has 0 saturated heterocycles. The summed E-state index contributed by atoms with van der Waals surface area (Å²) in [6.07, 6.45) is 0. The van der Waals surface area contributed by atoms with Crippen LogP contribution in [0.25, 0.3) is 22.3 Å². The van der Waals surface area contributed by atoms with Gasteiger partial charge >= 0.3 is 5.97 Å². The van der Waals surface area contributed by atoms with E-state index in [9.17, 15) is 4.79 Å². The van der Waals surface area contributed by atoms with E-state index in [0.717, 1.165) is 22.3 Å². The number of carbonyl (C=O) groups is 1. The van der Waals surface area contributed by atoms with Crippen molar-refractivity contribution in [2.45, 2.75) is 6.92 Å². The summed E-state index contributed by atoms with van der Waals surface area (Å²) >= 11 is 0. The van der Waals surface area contributed by atoms with Gasteiger partial charge in [0, 0.05) is 24.0 Å². The smallest absolute Gasteiger partial charge is 0.356 e. The average Bonchev–Trinajstić information content (AvgIpc) is 2.93. The number of hydrogen-bond donors (Lipinski definition) is 2. The first kappa shape index (κ1) is 11.5. The molecule has 5 heteroatoms. The first-order valence-electron chi connectivity index (χ1n) is 5.92. The molecular weight excluding hydrogens is 242 g/mol. The van der Waals surface area contributed by atoms with Crippen molar-refractivity contribution in [1.29, 1.82) is 0 Å². The number of rotatable bonds is 2. The van der Waals surface area contributed by atoms with Gasteiger partial charge in [-0.2, -0.15) is 5.10 Å². The summed E-state index contributed by atoms with van der Waals surface area (Å²) in [5, 5.41) is 14.1. The minimum absolute atomic E-state index is 0.0490. The van der Waals surface area contributed by atoms with E-state index >= 15 is 0 Å². The lowest BCUT2D eigenvalue weighted by atomic mass is 10.1. The van der Waals surface area contributed by atoms with E-state index in [1.165, 1.54) is 5.56 Å².